The van der Waals surface area contributed by atoms with Gasteiger partial charge < -0.3 is 23.2 Å². The lowest BCUT2D eigenvalue weighted by Crippen LogP contribution is -3.00. The molecular weight excluding hydrogens is 307 g/mol. The summed E-state index contributed by atoms with van der Waals surface area (Å²) >= 11 is 1.62. The van der Waals surface area contributed by atoms with Crippen LogP contribution in [0.4, 0.5) is 5.82 Å². The highest BCUT2D eigenvalue weighted by molar-refractivity contribution is 7.09. The van der Waals surface area contributed by atoms with Gasteiger partial charge in [0.25, 0.3) is 0 Å². The normalized spacial score (nSPS) is 9.58. The summed E-state index contributed by atoms with van der Waals surface area (Å²) in [4.78, 5) is 9.42. The fourth-order valence-electron chi connectivity index (χ4n) is 1.53. The van der Waals surface area contributed by atoms with Gasteiger partial charge in [0, 0.05) is 19.2 Å². The van der Waals surface area contributed by atoms with Gasteiger partial charge in [-0.2, -0.15) is 4.57 Å². The van der Waals surface area contributed by atoms with Gasteiger partial charge in [-0.3, -0.25) is 0 Å². The molecule has 2 heterocycles. The van der Waals surface area contributed by atoms with Crippen LogP contribution in [0.5, 0.6) is 0 Å². The Morgan fingerprint density at radius 2 is 2.21 bits per heavy atom. The molecule has 0 bridgehead atoms. The van der Waals surface area contributed by atoms with E-state index in [1.165, 1.54) is 0 Å². The van der Waals surface area contributed by atoms with Crippen molar-refractivity contribution in [2.75, 3.05) is 12.3 Å². The number of halogens is 2. The van der Waals surface area contributed by atoms with E-state index in [9.17, 15) is 0 Å². The Morgan fingerprint density at radius 1 is 1.47 bits per heavy atom. The zero-order chi connectivity index (χ0) is 12.3. The van der Waals surface area contributed by atoms with Crippen LogP contribution < -0.4 is 22.7 Å². The van der Waals surface area contributed by atoms with Crippen molar-refractivity contribution in [3.05, 3.63) is 34.2 Å². The first-order valence-corrected chi connectivity index (χ1v) is 6.22. The third kappa shape index (κ3) is 4.91. The second-order valence-corrected chi connectivity index (χ2v) is 4.76. The van der Waals surface area contributed by atoms with E-state index in [1.54, 1.807) is 17.5 Å². The SMILES string of the molecule is Cc1ncc(C[n+]2csc(CCO)c2)c(N)n1.Cl.[Cl-]. The molecule has 0 fully saturated rings. The maximum Gasteiger partial charge on any atom is 0.225 e. The number of aliphatic hydroxyl groups is 1. The second-order valence-electron chi connectivity index (χ2n) is 3.79. The summed E-state index contributed by atoms with van der Waals surface area (Å²) in [6.07, 6.45) is 4.46. The average Bonchev–Trinajstić information content (AvgIpc) is 2.71. The molecular formula is C11H16Cl2N4OS. The zero-order valence-electron chi connectivity index (χ0n) is 10.4. The van der Waals surface area contributed by atoms with E-state index >= 15 is 0 Å². The number of anilines is 1. The quantitative estimate of drug-likeness (QED) is 0.622. The van der Waals surface area contributed by atoms with Crippen LogP contribution in [0, 0.1) is 6.92 Å². The zero-order valence-corrected chi connectivity index (χ0v) is 12.8. The summed E-state index contributed by atoms with van der Waals surface area (Å²) in [7, 11) is 0. The molecule has 2 rings (SSSR count). The number of hydrogen-bond acceptors (Lipinski definition) is 5. The molecule has 0 aliphatic carbocycles. The molecule has 8 heteroatoms. The molecule has 0 unspecified atom stereocenters. The average molecular weight is 323 g/mol. The van der Waals surface area contributed by atoms with Crippen molar-refractivity contribution in [3.63, 3.8) is 0 Å². The lowest BCUT2D eigenvalue weighted by molar-refractivity contribution is -0.683. The fraction of sp³-hybridized carbons (Fsp3) is 0.364. The minimum atomic E-state index is 0. The van der Waals surface area contributed by atoms with Crippen molar-refractivity contribution in [3.8, 4) is 0 Å². The molecule has 3 N–H and O–H groups in total. The van der Waals surface area contributed by atoms with E-state index in [0.717, 1.165) is 10.4 Å². The number of aromatic nitrogens is 3. The van der Waals surface area contributed by atoms with E-state index in [1.807, 2.05) is 23.2 Å². The Morgan fingerprint density at radius 3 is 2.84 bits per heavy atom. The van der Waals surface area contributed by atoms with Gasteiger partial charge in [0.2, 0.25) is 5.51 Å². The molecule has 0 spiro atoms. The predicted octanol–water partition coefficient (Wildman–Crippen LogP) is -2.27. The highest BCUT2D eigenvalue weighted by Crippen LogP contribution is 2.09. The first-order chi connectivity index (χ1) is 8.19. The molecule has 0 aliphatic rings. The van der Waals surface area contributed by atoms with Crippen LogP contribution in [0.15, 0.2) is 17.9 Å². The lowest BCUT2D eigenvalue weighted by Gasteiger charge is -2.00. The van der Waals surface area contributed by atoms with Gasteiger partial charge in [-0.15, -0.1) is 12.4 Å². The van der Waals surface area contributed by atoms with Crippen LogP contribution in [-0.4, -0.2) is 21.7 Å². The number of thiazole rings is 1. The van der Waals surface area contributed by atoms with Crippen LogP contribution in [0.1, 0.15) is 16.3 Å². The minimum absolute atomic E-state index is 0. The summed E-state index contributed by atoms with van der Waals surface area (Å²) in [5.41, 5.74) is 8.75. The molecule has 0 saturated carbocycles. The third-order valence-electron chi connectivity index (χ3n) is 2.38. The Hall–Kier alpha value is -0.950. The van der Waals surface area contributed by atoms with E-state index in [4.69, 9.17) is 10.8 Å². The molecule has 2 aromatic rings. The second kappa shape index (κ2) is 8.27. The highest BCUT2D eigenvalue weighted by atomic mass is 35.5. The molecule has 19 heavy (non-hydrogen) atoms. The van der Waals surface area contributed by atoms with Crippen molar-refractivity contribution in [2.45, 2.75) is 19.9 Å². The number of nitrogens with two attached hydrogens (primary N) is 1. The van der Waals surface area contributed by atoms with Crippen molar-refractivity contribution in [2.24, 2.45) is 0 Å². The Kier molecular flexibility index (Phi) is 7.85. The van der Waals surface area contributed by atoms with Gasteiger partial charge in [0.05, 0.1) is 10.4 Å². The number of rotatable bonds is 4. The first-order valence-electron chi connectivity index (χ1n) is 5.34. The van der Waals surface area contributed by atoms with Crippen LogP contribution in [0.25, 0.3) is 0 Å². The number of nitrogen functional groups attached to an aromatic ring is 1. The number of aryl methyl sites for hydroxylation is 1. The summed E-state index contributed by atoms with van der Waals surface area (Å²) in [5, 5.41) is 8.85. The third-order valence-corrected chi connectivity index (χ3v) is 3.37. The predicted molar refractivity (Wildman–Crippen MR) is 72.8 cm³/mol. The summed E-state index contributed by atoms with van der Waals surface area (Å²) in [6, 6.07) is 0. The Labute approximate surface area is 128 Å². The van der Waals surface area contributed by atoms with E-state index in [-0.39, 0.29) is 31.4 Å². The van der Waals surface area contributed by atoms with E-state index in [0.29, 0.717) is 24.6 Å². The van der Waals surface area contributed by atoms with Gasteiger partial charge in [0.15, 0.2) is 12.7 Å². The largest absolute Gasteiger partial charge is 1.00 e. The summed E-state index contributed by atoms with van der Waals surface area (Å²) in [6.45, 7) is 2.65. The smallest absolute Gasteiger partial charge is 0.225 e. The van der Waals surface area contributed by atoms with E-state index < -0.39 is 0 Å². The van der Waals surface area contributed by atoms with Gasteiger partial charge in [-0.1, -0.05) is 11.3 Å². The first kappa shape index (κ1) is 18.0. The molecule has 0 radical (unpaired) electrons. The van der Waals surface area contributed by atoms with Crippen LogP contribution in [-0.2, 0) is 13.0 Å². The number of aliphatic hydroxyl groups excluding tert-OH is 1. The molecule has 0 aromatic carbocycles. The van der Waals surface area contributed by atoms with Crippen LogP contribution in [0.2, 0.25) is 0 Å². The Balaban J connectivity index is 0.00000162. The van der Waals surface area contributed by atoms with Crippen LogP contribution in [0.3, 0.4) is 0 Å². The van der Waals surface area contributed by atoms with E-state index in [2.05, 4.69) is 9.97 Å². The molecule has 106 valence electrons. The summed E-state index contributed by atoms with van der Waals surface area (Å²) < 4.78 is 2.03. The van der Waals surface area contributed by atoms with Crippen molar-refractivity contribution in [1.29, 1.82) is 0 Å². The van der Waals surface area contributed by atoms with Crippen molar-refractivity contribution >= 4 is 29.6 Å². The van der Waals surface area contributed by atoms with Crippen molar-refractivity contribution < 1.29 is 22.1 Å². The van der Waals surface area contributed by atoms with Gasteiger partial charge in [-0.25, -0.2) is 9.97 Å². The van der Waals surface area contributed by atoms with Crippen molar-refractivity contribution in [1.82, 2.24) is 9.97 Å². The number of hydrogen-bond donors (Lipinski definition) is 2. The Bertz CT molecular complexity index is 521. The maximum atomic E-state index is 8.85. The molecule has 0 atom stereocenters. The standard InChI is InChI=1S/C11H15N4OS.2ClH/c1-8-13-4-9(11(12)14-8)5-15-6-10(2-3-16)17-7-15;;/h4,6-7,16H,2-3,5H2,1H3,(H2,12,13,14);2*1H/q+1;;/p-1. The summed E-state index contributed by atoms with van der Waals surface area (Å²) in [5.74, 6) is 1.21. The number of nitrogens with zero attached hydrogens (tertiary/aromatic N) is 3. The molecule has 2 aromatic heterocycles. The monoisotopic (exact) mass is 322 g/mol. The maximum absolute atomic E-state index is 8.85. The fourth-order valence-corrected chi connectivity index (χ4v) is 2.34. The molecule has 0 aliphatic heterocycles. The lowest BCUT2D eigenvalue weighted by atomic mass is 10.3. The molecule has 0 saturated heterocycles. The minimum Gasteiger partial charge on any atom is -1.00 e. The van der Waals surface area contributed by atoms with Crippen LogP contribution >= 0.6 is 23.7 Å². The molecule has 5 nitrogen and oxygen atoms in total. The van der Waals surface area contributed by atoms with Gasteiger partial charge in [0.1, 0.15) is 11.6 Å². The topological polar surface area (TPSA) is 75.9 Å². The van der Waals surface area contributed by atoms with Gasteiger partial charge in [-0.05, 0) is 6.92 Å². The highest BCUT2D eigenvalue weighted by Gasteiger charge is 2.11. The van der Waals surface area contributed by atoms with Gasteiger partial charge >= 0.3 is 0 Å². The molecule has 0 amide bonds.